The van der Waals surface area contributed by atoms with E-state index in [9.17, 15) is 0 Å². The van der Waals surface area contributed by atoms with Crippen LogP contribution in [0.25, 0.3) is 54.6 Å². The Morgan fingerprint density at radius 2 is 0.800 bits per heavy atom. The molecular weight excluding hydrogens is 833 g/mol. The Morgan fingerprint density at radius 3 is 1.35 bits per heavy atom. The zero-order valence-electron chi connectivity index (χ0n) is 38.9. The van der Waals surface area contributed by atoms with E-state index in [0.29, 0.717) is 0 Å². The first-order valence-corrected chi connectivity index (χ1v) is 33.2. The number of hydrogen-bond acceptors (Lipinski definition) is 2. The van der Waals surface area contributed by atoms with Crippen LogP contribution in [-0.2, 0) is 0 Å². The topological polar surface area (TPSA) is 6.48 Å². The Labute approximate surface area is 387 Å². The summed E-state index contributed by atoms with van der Waals surface area (Å²) in [7, 11) is -5.15. The van der Waals surface area contributed by atoms with Crippen molar-refractivity contribution in [3.05, 3.63) is 194 Å². The number of hydrogen-bond donors (Lipinski definition) is 0. The highest BCUT2D eigenvalue weighted by Gasteiger charge is 2.40. The van der Waals surface area contributed by atoms with Gasteiger partial charge in [-0.05, 0) is 97.1 Å². The van der Waals surface area contributed by atoms with Crippen molar-refractivity contribution in [2.75, 3.05) is 9.80 Å². The van der Waals surface area contributed by atoms with E-state index in [1.165, 1.54) is 98.1 Å². The predicted octanol–water partition coefficient (Wildman–Crippen LogP) is 15.1. The van der Waals surface area contributed by atoms with Gasteiger partial charge in [0.1, 0.15) is 8.07 Å². The van der Waals surface area contributed by atoms with Gasteiger partial charge in [-0.1, -0.05) is 208 Å². The molecule has 0 bridgehead atoms. The fourth-order valence-electron chi connectivity index (χ4n) is 10.7. The SMILES string of the molecule is C[Si](C)(C)c1ccc(N(c2ccccc2-c2ccccc2)c2ccc3ccc4c(N(c5ccc([Si](C)(C)C)cc5)c5cccc6c5[Si](C)(C)c5ccccc5-6)ccc5ccc2c3c54)cc1. The van der Waals surface area contributed by atoms with Gasteiger partial charge in [-0.15, -0.1) is 0 Å². The molecule has 0 radical (unpaired) electrons. The molecule has 0 fully saturated rings. The molecular formula is C60H56N2Si3. The molecule has 11 rings (SSSR count). The lowest BCUT2D eigenvalue weighted by atomic mass is 9.91. The average Bonchev–Trinajstić information content (AvgIpc) is 3.55. The summed E-state index contributed by atoms with van der Waals surface area (Å²) in [5.41, 5.74) is 12.4. The molecule has 0 saturated carbocycles. The first-order chi connectivity index (χ1) is 31.3. The van der Waals surface area contributed by atoms with Gasteiger partial charge in [0.15, 0.2) is 0 Å². The van der Waals surface area contributed by atoms with Crippen molar-refractivity contribution in [2.45, 2.75) is 52.4 Å². The third-order valence-electron chi connectivity index (χ3n) is 14.1. The number of benzene rings is 10. The molecule has 0 spiro atoms. The summed E-state index contributed by atoms with van der Waals surface area (Å²) >= 11 is 0. The highest BCUT2D eigenvalue weighted by atomic mass is 28.3. The molecule has 318 valence electrons. The minimum atomic E-state index is -2.09. The molecule has 0 N–H and O–H groups in total. The van der Waals surface area contributed by atoms with Gasteiger partial charge in [0, 0.05) is 33.4 Å². The maximum Gasteiger partial charge on any atom is 0.116 e. The van der Waals surface area contributed by atoms with Crippen LogP contribution < -0.4 is 30.5 Å². The second-order valence-electron chi connectivity index (χ2n) is 20.6. The largest absolute Gasteiger partial charge is 0.310 e. The van der Waals surface area contributed by atoms with E-state index in [1.54, 1.807) is 0 Å². The van der Waals surface area contributed by atoms with Crippen LogP contribution in [0.15, 0.2) is 194 Å². The van der Waals surface area contributed by atoms with Gasteiger partial charge in [-0.2, -0.15) is 0 Å². The van der Waals surface area contributed by atoms with E-state index in [-0.39, 0.29) is 0 Å². The third kappa shape index (κ3) is 6.79. The standard InChI is InChI=1S/C60H56N2Si3/c1-63(2,3)46-33-29-44(30-34-46)61(53-22-14-12-19-48(53)41-17-10-9-11-18-41)54-39-27-42-26-38-52-55(40-28-43-25-37-51(54)58(42)59(43)52)62(45-31-35-47(36-32-45)64(4,5)6)56-23-16-21-50-49-20-13-15-24-57(49)65(7,8)60(50)56/h9-40H,1-8H3. The van der Waals surface area contributed by atoms with Gasteiger partial charge in [0.25, 0.3) is 0 Å². The van der Waals surface area contributed by atoms with Gasteiger partial charge in [0.2, 0.25) is 0 Å². The van der Waals surface area contributed by atoms with Gasteiger partial charge >= 0.3 is 0 Å². The minimum Gasteiger partial charge on any atom is -0.310 e. The molecule has 0 unspecified atom stereocenters. The molecule has 65 heavy (non-hydrogen) atoms. The van der Waals surface area contributed by atoms with Crippen LogP contribution in [0, 0.1) is 0 Å². The summed E-state index contributed by atoms with van der Waals surface area (Å²) < 4.78 is 0. The first-order valence-electron chi connectivity index (χ1n) is 23.2. The lowest BCUT2D eigenvalue weighted by molar-refractivity contribution is 1.30. The van der Waals surface area contributed by atoms with E-state index < -0.39 is 24.2 Å². The van der Waals surface area contributed by atoms with Crippen LogP contribution in [0.4, 0.5) is 34.1 Å². The molecule has 0 aliphatic carbocycles. The van der Waals surface area contributed by atoms with Crippen molar-refractivity contribution in [3.63, 3.8) is 0 Å². The quantitative estimate of drug-likeness (QED) is 0.105. The van der Waals surface area contributed by atoms with Gasteiger partial charge in [0.05, 0.1) is 33.2 Å². The van der Waals surface area contributed by atoms with E-state index in [0.717, 1.165) is 11.4 Å². The Hall–Kier alpha value is -6.51. The molecule has 1 aliphatic rings. The molecule has 2 nitrogen and oxygen atoms in total. The normalized spacial score (nSPS) is 13.4. The van der Waals surface area contributed by atoms with Crippen molar-refractivity contribution in [1.29, 1.82) is 0 Å². The average molecular weight is 889 g/mol. The van der Waals surface area contributed by atoms with E-state index in [2.05, 4.69) is 256 Å². The van der Waals surface area contributed by atoms with Crippen molar-refractivity contribution in [2.24, 2.45) is 0 Å². The molecule has 0 saturated heterocycles. The summed E-state index contributed by atoms with van der Waals surface area (Å²) in [6.45, 7) is 19.7. The summed E-state index contributed by atoms with van der Waals surface area (Å²) in [6, 6.07) is 73.8. The number of fused-ring (bicyclic) bond motifs is 3. The van der Waals surface area contributed by atoms with Crippen LogP contribution in [0.2, 0.25) is 52.4 Å². The molecule has 0 amide bonds. The fraction of sp³-hybridized carbons (Fsp3) is 0.133. The molecule has 0 atom stereocenters. The third-order valence-corrected chi connectivity index (χ3v) is 21.8. The minimum absolute atomic E-state index is 1.16. The first kappa shape index (κ1) is 41.2. The highest BCUT2D eigenvalue weighted by Crippen LogP contribution is 2.49. The molecule has 0 aromatic heterocycles. The lowest BCUT2D eigenvalue weighted by Crippen LogP contribution is -2.50. The maximum atomic E-state index is 2.60. The highest BCUT2D eigenvalue weighted by molar-refractivity contribution is 7.04. The van der Waals surface area contributed by atoms with Crippen LogP contribution >= 0.6 is 0 Å². The van der Waals surface area contributed by atoms with Crippen LogP contribution in [0.3, 0.4) is 0 Å². The smallest absolute Gasteiger partial charge is 0.116 e. The zero-order valence-corrected chi connectivity index (χ0v) is 41.9. The fourth-order valence-corrected chi connectivity index (χ4v) is 16.5. The number of anilines is 6. The zero-order chi connectivity index (χ0) is 44.8. The van der Waals surface area contributed by atoms with Crippen LogP contribution in [0.5, 0.6) is 0 Å². The number of para-hydroxylation sites is 1. The Morgan fingerprint density at radius 1 is 0.354 bits per heavy atom. The molecule has 10 aromatic carbocycles. The van der Waals surface area contributed by atoms with Crippen molar-refractivity contribution in [1.82, 2.24) is 0 Å². The van der Waals surface area contributed by atoms with Crippen molar-refractivity contribution < 1.29 is 0 Å². The van der Waals surface area contributed by atoms with Gasteiger partial charge in [-0.3, -0.25) is 0 Å². The second kappa shape index (κ2) is 15.3. The lowest BCUT2D eigenvalue weighted by Gasteiger charge is -2.33. The number of rotatable bonds is 9. The second-order valence-corrected chi connectivity index (χ2v) is 35.1. The Balaban J connectivity index is 1.17. The number of nitrogens with zero attached hydrogens (tertiary/aromatic N) is 2. The Kier molecular flexibility index (Phi) is 9.70. The van der Waals surface area contributed by atoms with Crippen molar-refractivity contribution in [3.8, 4) is 22.3 Å². The molecule has 1 aliphatic heterocycles. The summed E-state index contributed by atoms with van der Waals surface area (Å²) in [6.07, 6.45) is 0. The maximum absolute atomic E-state index is 2.60. The van der Waals surface area contributed by atoms with E-state index >= 15 is 0 Å². The van der Waals surface area contributed by atoms with Gasteiger partial charge < -0.3 is 9.80 Å². The monoisotopic (exact) mass is 888 g/mol. The van der Waals surface area contributed by atoms with Gasteiger partial charge in [-0.25, -0.2) is 0 Å². The summed E-state index contributed by atoms with van der Waals surface area (Å²) in [4.78, 5) is 5.11. The molecule has 10 aromatic rings. The predicted molar refractivity (Wildman–Crippen MR) is 293 cm³/mol. The summed E-state index contributed by atoms with van der Waals surface area (Å²) in [5.74, 6) is 0. The Bertz CT molecular complexity index is 3420. The van der Waals surface area contributed by atoms with Crippen molar-refractivity contribution >= 4 is 111 Å². The molecule has 1 heterocycles. The summed E-state index contributed by atoms with van der Waals surface area (Å²) in [5, 5.41) is 13.6. The van der Waals surface area contributed by atoms with Crippen LogP contribution in [-0.4, -0.2) is 24.2 Å². The van der Waals surface area contributed by atoms with E-state index in [4.69, 9.17) is 0 Å². The molecule has 5 heteroatoms. The van der Waals surface area contributed by atoms with E-state index in [1.807, 2.05) is 0 Å². The van der Waals surface area contributed by atoms with Crippen LogP contribution in [0.1, 0.15) is 0 Å².